The molecular weight excluding hydrogens is 576 g/mol. The molecule has 4 aromatic rings. The summed E-state index contributed by atoms with van der Waals surface area (Å²) >= 11 is 9.79. The smallest absolute Gasteiger partial charge is 0.254 e. The molecule has 1 fully saturated rings. The highest BCUT2D eigenvalue weighted by molar-refractivity contribution is 9.10. The zero-order valence-corrected chi connectivity index (χ0v) is 23.0. The summed E-state index contributed by atoms with van der Waals surface area (Å²) in [5.74, 6) is -1.01. The van der Waals surface area contributed by atoms with Gasteiger partial charge in [-0.2, -0.15) is 10.1 Å². The number of imide groups is 1. The SMILES string of the molecule is O=C1[C@H]2C3c4ccccc4C(c4ccccc43)[C@@H]2C(=O)N1/N=C\c1ccc(OCc2ccccc2Cl)c(Br)c1. The Bertz CT molecular complexity index is 1570. The second kappa shape index (κ2) is 9.47. The van der Waals surface area contributed by atoms with Gasteiger partial charge in [-0.05, 0) is 68.0 Å². The number of carbonyl (C=O) groups excluding carboxylic acids is 2. The first-order valence-electron chi connectivity index (χ1n) is 12.8. The standard InChI is InChI=1S/C32H22BrClN2O3/c33-24-15-18(13-14-26(24)39-17-19-7-1-6-12-25(19)34)16-35-36-31(37)29-27-20-8-2-3-9-21(20)28(30(29)32(36)38)23-11-5-4-10-22(23)27/h1-16,27-30H,17H2/b35-16-/t27?,28?,29-,30-/m0/s1. The van der Waals surface area contributed by atoms with E-state index in [1.807, 2.05) is 66.7 Å². The van der Waals surface area contributed by atoms with E-state index in [0.717, 1.165) is 42.9 Å². The second-order valence-electron chi connectivity index (χ2n) is 10.1. The fourth-order valence-corrected chi connectivity index (χ4v) is 7.09. The van der Waals surface area contributed by atoms with E-state index in [-0.39, 0.29) is 23.7 Å². The summed E-state index contributed by atoms with van der Waals surface area (Å²) in [6.07, 6.45) is 1.55. The molecule has 0 N–H and O–H groups in total. The van der Waals surface area contributed by atoms with Crippen LogP contribution in [0.5, 0.6) is 5.75 Å². The number of hydrogen-bond acceptors (Lipinski definition) is 4. The molecule has 7 heteroatoms. The predicted molar refractivity (Wildman–Crippen MR) is 153 cm³/mol. The number of ether oxygens (including phenoxy) is 1. The van der Waals surface area contributed by atoms with Gasteiger partial charge in [-0.25, -0.2) is 0 Å². The van der Waals surface area contributed by atoms with Gasteiger partial charge in [0, 0.05) is 22.4 Å². The Balaban J connectivity index is 1.15. The van der Waals surface area contributed by atoms with Crippen LogP contribution < -0.4 is 4.74 Å². The molecule has 1 aliphatic heterocycles. The Kier molecular flexibility index (Phi) is 5.90. The van der Waals surface area contributed by atoms with E-state index in [2.05, 4.69) is 45.3 Å². The average molecular weight is 598 g/mol. The number of halogens is 2. The summed E-state index contributed by atoms with van der Waals surface area (Å²) in [6, 6.07) is 29.5. The summed E-state index contributed by atoms with van der Waals surface area (Å²) in [5, 5.41) is 6.14. The first-order valence-corrected chi connectivity index (χ1v) is 13.9. The van der Waals surface area contributed by atoms with Crippen LogP contribution in [0.3, 0.4) is 0 Å². The van der Waals surface area contributed by atoms with Crippen LogP contribution in [0, 0.1) is 11.8 Å². The third kappa shape index (κ3) is 3.85. The number of carbonyl (C=O) groups is 2. The number of amides is 2. The zero-order chi connectivity index (χ0) is 26.7. The van der Waals surface area contributed by atoms with E-state index in [4.69, 9.17) is 16.3 Å². The molecule has 39 heavy (non-hydrogen) atoms. The summed E-state index contributed by atoms with van der Waals surface area (Å²) in [4.78, 5) is 27.4. The lowest BCUT2D eigenvalue weighted by Gasteiger charge is -2.45. The van der Waals surface area contributed by atoms with Crippen LogP contribution in [0.4, 0.5) is 0 Å². The van der Waals surface area contributed by atoms with Gasteiger partial charge in [0.25, 0.3) is 11.8 Å². The van der Waals surface area contributed by atoms with Crippen LogP contribution in [0.2, 0.25) is 5.02 Å². The van der Waals surface area contributed by atoms with Crippen molar-refractivity contribution < 1.29 is 14.3 Å². The van der Waals surface area contributed by atoms with Gasteiger partial charge in [-0.15, -0.1) is 0 Å². The molecule has 4 aliphatic rings. The molecular formula is C32H22BrClN2O3. The number of hydrazone groups is 1. The monoisotopic (exact) mass is 596 g/mol. The molecule has 2 amide bonds. The number of nitrogens with zero attached hydrogens (tertiary/aromatic N) is 2. The number of rotatable bonds is 5. The predicted octanol–water partition coefficient (Wildman–Crippen LogP) is 6.91. The molecule has 0 spiro atoms. The highest BCUT2D eigenvalue weighted by Crippen LogP contribution is 2.60. The molecule has 0 aromatic heterocycles. The fourth-order valence-electron chi connectivity index (χ4n) is 6.39. The maximum absolute atomic E-state index is 13.7. The Morgan fingerprint density at radius 2 is 1.33 bits per heavy atom. The Morgan fingerprint density at radius 3 is 1.87 bits per heavy atom. The second-order valence-corrected chi connectivity index (χ2v) is 11.3. The maximum atomic E-state index is 13.7. The van der Waals surface area contributed by atoms with Gasteiger partial charge in [0.05, 0.1) is 22.5 Å². The molecule has 192 valence electrons. The molecule has 1 heterocycles. The van der Waals surface area contributed by atoms with Crippen LogP contribution in [0.15, 0.2) is 101 Å². The minimum atomic E-state index is -0.447. The molecule has 5 nitrogen and oxygen atoms in total. The highest BCUT2D eigenvalue weighted by Gasteiger charge is 2.61. The third-order valence-electron chi connectivity index (χ3n) is 8.04. The molecule has 0 radical (unpaired) electrons. The minimum absolute atomic E-state index is 0.146. The third-order valence-corrected chi connectivity index (χ3v) is 9.03. The van der Waals surface area contributed by atoms with Crippen molar-refractivity contribution in [3.63, 3.8) is 0 Å². The van der Waals surface area contributed by atoms with Crippen LogP contribution in [-0.4, -0.2) is 23.0 Å². The average Bonchev–Trinajstić information content (AvgIpc) is 3.21. The first-order chi connectivity index (χ1) is 19.0. The summed E-state index contributed by atoms with van der Waals surface area (Å²) < 4.78 is 6.66. The van der Waals surface area contributed by atoms with Gasteiger partial charge in [-0.3, -0.25) is 9.59 Å². The first kappa shape index (κ1) is 24.3. The van der Waals surface area contributed by atoms with Gasteiger partial charge in [0.15, 0.2) is 0 Å². The van der Waals surface area contributed by atoms with E-state index < -0.39 is 11.8 Å². The lowest BCUT2D eigenvalue weighted by Crippen LogP contribution is -2.41. The van der Waals surface area contributed by atoms with Crippen molar-refractivity contribution in [2.45, 2.75) is 18.4 Å². The lowest BCUT2D eigenvalue weighted by molar-refractivity contribution is -0.139. The molecule has 1 saturated heterocycles. The molecule has 4 aromatic carbocycles. The zero-order valence-electron chi connectivity index (χ0n) is 20.6. The number of benzene rings is 4. The fraction of sp³-hybridized carbons (Fsp3) is 0.156. The maximum Gasteiger partial charge on any atom is 0.254 e. The lowest BCUT2D eigenvalue weighted by atomic mass is 9.55. The van der Waals surface area contributed by atoms with Gasteiger partial charge in [0.1, 0.15) is 12.4 Å². The Labute approximate surface area is 239 Å². The molecule has 2 bridgehead atoms. The van der Waals surface area contributed by atoms with Crippen LogP contribution in [-0.2, 0) is 16.2 Å². The molecule has 2 atom stereocenters. The quantitative estimate of drug-likeness (QED) is 0.186. The van der Waals surface area contributed by atoms with Crippen molar-refractivity contribution in [2.75, 3.05) is 0 Å². The van der Waals surface area contributed by atoms with E-state index in [1.165, 1.54) is 0 Å². The van der Waals surface area contributed by atoms with Crippen molar-refractivity contribution in [3.8, 4) is 5.75 Å². The summed E-state index contributed by atoms with van der Waals surface area (Å²) in [5.41, 5.74) is 6.20. The largest absolute Gasteiger partial charge is 0.488 e. The normalized spacial score (nSPS) is 22.7. The van der Waals surface area contributed by atoms with Gasteiger partial charge in [0.2, 0.25) is 0 Å². The van der Waals surface area contributed by atoms with Gasteiger partial charge >= 0.3 is 0 Å². The van der Waals surface area contributed by atoms with Crippen molar-refractivity contribution in [2.24, 2.45) is 16.9 Å². The molecule has 0 unspecified atom stereocenters. The van der Waals surface area contributed by atoms with Crippen LogP contribution >= 0.6 is 27.5 Å². The van der Waals surface area contributed by atoms with E-state index >= 15 is 0 Å². The summed E-state index contributed by atoms with van der Waals surface area (Å²) in [7, 11) is 0. The topological polar surface area (TPSA) is 59.0 Å². The van der Waals surface area contributed by atoms with Crippen LogP contribution in [0.1, 0.15) is 45.2 Å². The number of hydrogen-bond donors (Lipinski definition) is 0. The van der Waals surface area contributed by atoms with E-state index in [0.29, 0.717) is 17.4 Å². The Morgan fingerprint density at radius 1 is 0.795 bits per heavy atom. The van der Waals surface area contributed by atoms with Crippen molar-refractivity contribution >= 4 is 45.6 Å². The molecule has 8 rings (SSSR count). The highest BCUT2D eigenvalue weighted by atomic mass is 79.9. The summed E-state index contributed by atoms with van der Waals surface area (Å²) in [6.45, 7) is 0.332. The van der Waals surface area contributed by atoms with Gasteiger partial charge in [-0.1, -0.05) is 78.3 Å². The molecule has 3 aliphatic carbocycles. The van der Waals surface area contributed by atoms with Crippen LogP contribution in [0.25, 0.3) is 0 Å². The Hall–Kier alpha value is -3.74. The van der Waals surface area contributed by atoms with E-state index in [9.17, 15) is 9.59 Å². The van der Waals surface area contributed by atoms with Crippen molar-refractivity contribution in [3.05, 3.63) is 134 Å². The molecule has 0 saturated carbocycles. The minimum Gasteiger partial charge on any atom is -0.488 e. The van der Waals surface area contributed by atoms with E-state index in [1.54, 1.807) is 6.21 Å². The van der Waals surface area contributed by atoms with Gasteiger partial charge < -0.3 is 4.74 Å². The van der Waals surface area contributed by atoms with Crippen molar-refractivity contribution in [1.29, 1.82) is 0 Å². The van der Waals surface area contributed by atoms with Crippen molar-refractivity contribution in [1.82, 2.24) is 5.01 Å².